The molecule has 3 heteroatoms. The molecule has 96 valence electrons. The molecule has 0 amide bonds. The highest BCUT2D eigenvalue weighted by molar-refractivity contribution is 9.10. The predicted molar refractivity (Wildman–Crippen MR) is 79.8 cm³/mol. The van der Waals surface area contributed by atoms with Gasteiger partial charge in [0.25, 0.3) is 0 Å². The van der Waals surface area contributed by atoms with Gasteiger partial charge >= 0.3 is 0 Å². The number of aromatic nitrogens is 1. The van der Waals surface area contributed by atoms with Crippen LogP contribution >= 0.6 is 15.9 Å². The molecule has 0 saturated carbocycles. The van der Waals surface area contributed by atoms with E-state index in [4.69, 9.17) is 0 Å². The van der Waals surface area contributed by atoms with Crippen LogP contribution in [-0.2, 0) is 6.54 Å². The summed E-state index contributed by atoms with van der Waals surface area (Å²) in [6.07, 6.45) is 5.49. The van der Waals surface area contributed by atoms with Gasteiger partial charge in [0.1, 0.15) is 0 Å². The molecule has 2 nitrogen and oxygen atoms in total. The van der Waals surface area contributed by atoms with Gasteiger partial charge in [-0.25, -0.2) is 0 Å². The zero-order valence-corrected chi connectivity index (χ0v) is 12.4. The van der Waals surface area contributed by atoms with Crippen molar-refractivity contribution in [3.63, 3.8) is 0 Å². The van der Waals surface area contributed by atoms with E-state index in [1.54, 1.807) is 0 Å². The first-order valence-corrected chi connectivity index (χ1v) is 7.09. The van der Waals surface area contributed by atoms with Crippen LogP contribution in [0.3, 0.4) is 0 Å². The lowest BCUT2D eigenvalue weighted by Crippen LogP contribution is -2.14. The molecule has 1 N–H and O–H groups in total. The van der Waals surface area contributed by atoms with Crippen LogP contribution < -0.4 is 5.32 Å². The number of rotatable bonds is 5. The fourth-order valence-electron chi connectivity index (χ4n) is 2.17. The predicted octanol–water partition coefficient (Wildman–Crippen LogP) is 3.97. The van der Waals surface area contributed by atoms with Crippen molar-refractivity contribution < 1.29 is 0 Å². The number of hydrogen-bond donors (Lipinski definition) is 1. The Morgan fingerprint density at radius 3 is 2.56 bits per heavy atom. The average molecular weight is 307 g/mol. The van der Waals surface area contributed by atoms with E-state index in [1.807, 2.05) is 7.05 Å². The summed E-state index contributed by atoms with van der Waals surface area (Å²) in [6.45, 7) is 3.13. The van der Waals surface area contributed by atoms with Crippen LogP contribution in [0.5, 0.6) is 0 Å². The molecule has 0 radical (unpaired) electrons. The van der Waals surface area contributed by atoms with Gasteiger partial charge in [-0.1, -0.05) is 35.0 Å². The molecule has 2 rings (SSSR count). The van der Waals surface area contributed by atoms with Gasteiger partial charge in [0.2, 0.25) is 0 Å². The van der Waals surface area contributed by atoms with Gasteiger partial charge in [0.05, 0.1) is 0 Å². The maximum absolute atomic E-state index is 3.46. The standard InChI is InChI=1S/C15H19BrN2/c1-3-15(17-2)13-8-9-18(11-13)10-12-4-6-14(16)7-5-12/h4-9,11,15,17H,3,10H2,1-2H3. The van der Waals surface area contributed by atoms with E-state index in [0.29, 0.717) is 6.04 Å². The minimum atomic E-state index is 0.455. The van der Waals surface area contributed by atoms with Crippen LogP contribution in [0.2, 0.25) is 0 Å². The maximum atomic E-state index is 3.46. The summed E-state index contributed by atoms with van der Waals surface area (Å²) in [7, 11) is 2.01. The molecule has 1 aromatic heterocycles. The molecule has 0 spiro atoms. The topological polar surface area (TPSA) is 17.0 Å². The van der Waals surface area contributed by atoms with Crippen LogP contribution in [0.15, 0.2) is 47.2 Å². The first-order chi connectivity index (χ1) is 8.72. The summed E-state index contributed by atoms with van der Waals surface area (Å²) in [6, 6.07) is 11.1. The lowest BCUT2D eigenvalue weighted by molar-refractivity contribution is 0.575. The minimum absolute atomic E-state index is 0.455. The summed E-state index contributed by atoms with van der Waals surface area (Å²) in [5.74, 6) is 0. The molecular weight excluding hydrogens is 288 g/mol. The normalized spacial score (nSPS) is 12.6. The largest absolute Gasteiger partial charge is 0.350 e. The second kappa shape index (κ2) is 6.21. The summed E-state index contributed by atoms with van der Waals surface area (Å²) < 4.78 is 3.36. The van der Waals surface area contributed by atoms with Crippen LogP contribution in [0.25, 0.3) is 0 Å². The van der Waals surface area contributed by atoms with Crippen molar-refractivity contribution in [3.8, 4) is 0 Å². The second-order valence-electron chi connectivity index (χ2n) is 4.49. The van der Waals surface area contributed by atoms with E-state index in [9.17, 15) is 0 Å². The number of hydrogen-bond acceptors (Lipinski definition) is 1. The second-order valence-corrected chi connectivity index (χ2v) is 5.41. The summed E-state index contributed by atoms with van der Waals surface area (Å²) in [5, 5.41) is 3.33. The Labute approximate surface area is 117 Å². The van der Waals surface area contributed by atoms with E-state index in [0.717, 1.165) is 17.4 Å². The van der Waals surface area contributed by atoms with Crippen molar-refractivity contribution in [1.29, 1.82) is 0 Å². The van der Waals surface area contributed by atoms with E-state index >= 15 is 0 Å². The van der Waals surface area contributed by atoms with Gasteiger partial charge < -0.3 is 9.88 Å². The Kier molecular flexibility index (Phi) is 4.61. The zero-order chi connectivity index (χ0) is 13.0. The molecule has 0 aliphatic carbocycles. The summed E-state index contributed by atoms with van der Waals surface area (Å²) in [4.78, 5) is 0. The van der Waals surface area contributed by atoms with E-state index in [1.165, 1.54) is 11.1 Å². The molecular formula is C15H19BrN2. The van der Waals surface area contributed by atoms with Gasteiger partial charge in [0, 0.05) is 29.5 Å². The summed E-state index contributed by atoms with van der Waals surface area (Å²) >= 11 is 3.46. The van der Waals surface area contributed by atoms with Gasteiger partial charge in [-0.15, -0.1) is 0 Å². The fourth-order valence-corrected chi connectivity index (χ4v) is 2.44. The van der Waals surface area contributed by atoms with Crippen molar-refractivity contribution in [1.82, 2.24) is 9.88 Å². The van der Waals surface area contributed by atoms with Crippen LogP contribution in [0.4, 0.5) is 0 Å². The molecule has 1 unspecified atom stereocenters. The maximum Gasteiger partial charge on any atom is 0.0470 e. The van der Waals surface area contributed by atoms with E-state index in [2.05, 4.69) is 75.5 Å². The summed E-state index contributed by atoms with van der Waals surface area (Å²) in [5.41, 5.74) is 2.68. The molecule has 0 aliphatic rings. The van der Waals surface area contributed by atoms with E-state index < -0.39 is 0 Å². The van der Waals surface area contributed by atoms with Gasteiger partial charge in [-0.05, 0) is 42.8 Å². The molecule has 18 heavy (non-hydrogen) atoms. The SMILES string of the molecule is CCC(NC)c1ccn(Cc2ccc(Br)cc2)c1. The highest BCUT2D eigenvalue weighted by atomic mass is 79.9. The third kappa shape index (κ3) is 3.24. The monoisotopic (exact) mass is 306 g/mol. The highest BCUT2D eigenvalue weighted by Crippen LogP contribution is 2.17. The van der Waals surface area contributed by atoms with Gasteiger partial charge in [-0.2, -0.15) is 0 Å². The smallest absolute Gasteiger partial charge is 0.0470 e. The quantitative estimate of drug-likeness (QED) is 0.884. The van der Waals surface area contributed by atoms with Crippen LogP contribution in [0.1, 0.15) is 30.5 Å². The number of halogens is 1. The molecule has 1 atom stereocenters. The lowest BCUT2D eigenvalue weighted by Gasteiger charge is -2.11. The van der Waals surface area contributed by atoms with Gasteiger partial charge in [0.15, 0.2) is 0 Å². The molecule has 1 heterocycles. The molecule has 2 aromatic rings. The Morgan fingerprint density at radius 1 is 1.22 bits per heavy atom. The van der Waals surface area contributed by atoms with Crippen LogP contribution in [0, 0.1) is 0 Å². The van der Waals surface area contributed by atoms with Crippen LogP contribution in [-0.4, -0.2) is 11.6 Å². The number of nitrogens with zero attached hydrogens (tertiary/aromatic N) is 1. The zero-order valence-electron chi connectivity index (χ0n) is 10.9. The minimum Gasteiger partial charge on any atom is -0.350 e. The molecule has 0 bridgehead atoms. The first kappa shape index (κ1) is 13.4. The van der Waals surface area contributed by atoms with Crippen molar-refractivity contribution >= 4 is 15.9 Å². The third-order valence-electron chi connectivity index (χ3n) is 3.21. The Bertz CT molecular complexity index is 483. The average Bonchev–Trinajstić information content (AvgIpc) is 2.82. The number of benzene rings is 1. The van der Waals surface area contributed by atoms with Crippen molar-refractivity contribution in [2.24, 2.45) is 0 Å². The van der Waals surface area contributed by atoms with Crippen molar-refractivity contribution in [2.45, 2.75) is 25.9 Å². The van der Waals surface area contributed by atoms with Gasteiger partial charge in [-0.3, -0.25) is 0 Å². The Hall–Kier alpha value is -1.06. The Morgan fingerprint density at radius 2 is 1.94 bits per heavy atom. The fraction of sp³-hybridized carbons (Fsp3) is 0.333. The van der Waals surface area contributed by atoms with Crippen molar-refractivity contribution in [2.75, 3.05) is 7.05 Å². The lowest BCUT2D eigenvalue weighted by atomic mass is 10.1. The number of nitrogens with one attached hydrogen (secondary N) is 1. The van der Waals surface area contributed by atoms with E-state index in [-0.39, 0.29) is 0 Å². The molecule has 0 fully saturated rings. The first-order valence-electron chi connectivity index (χ1n) is 6.30. The molecule has 1 aromatic carbocycles. The molecule has 0 aliphatic heterocycles. The third-order valence-corrected chi connectivity index (χ3v) is 3.74. The molecule has 0 saturated heterocycles. The highest BCUT2D eigenvalue weighted by Gasteiger charge is 2.07. The Balaban J connectivity index is 2.08. The van der Waals surface area contributed by atoms with Crippen molar-refractivity contribution in [3.05, 3.63) is 58.3 Å².